The quantitative estimate of drug-likeness (QED) is 0.484. The third-order valence-electron chi connectivity index (χ3n) is 4.49. The highest BCUT2D eigenvalue weighted by atomic mass is 127. The van der Waals surface area contributed by atoms with Gasteiger partial charge in [-0.05, 0) is 18.4 Å². The summed E-state index contributed by atoms with van der Waals surface area (Å²) in [5, 5.41) is 10.5. The first-order chi connectivity index (χ1) is 7.71. The van der Waals surface area contributed by atoms with Crippen LogP contribution in [0.5, 0.6) is 0 Å². The van der Waals surface area contributed by atoms with Crippen molar-refractivity contribution in [2.24, 2.45) is 0 Å². The number of piperidine rings is 1. The summed E-state index contributed by atoms with van der Waals surface area (Å²) >= 11 is 0. The molecule has 0 saturated carbocycles. The van der Waals surface area contributed by atoms with Crippen molar-refractivity contribution in [2.45, 2.75) is 38.0 Å². The lowest BCUT2D eigenvalue weighted by atomic mass is 9.84. The summed E-state index contributed by atoms with van der Waals surface area (Å²) in [5.74, 6) is 0. The van der Waals surface area contributed by atoms with Gasteiger partial charge in [0.15, 0.2) is 0 Å². The number of quaternary nitrogens is 1. The fourth-order valence-electron chi connectivity index (χ4n) is 3.56. The van der Waals surface area contributed by atoms with Gasteiger partial charge in [0.2, 0.25) is 0 Å². The Kier molecular flexibility index (Phi) is 3.80. The molecule has 0 aromatic heterocycles. The SMILES string of the molecule is C[N@@+]12CCCC[C@H]1[C@@H](O)c1ccccc1C2.[I-]. The summed E-state index contributed by atoms with van der Waals surface area (Å²) in [4.78, 5) is 0. The molecule has 0 spiro atoms. The number of rotatable bonds is 0. The van der Waals surface area contributed by atoms with E-state index in [0.29, 0.717) is 6.04 Å². The van der Waals surface area contributed by atoms with E-state index < -0.39 is 0 Å². The molecule has 1 N–H and O–H groups in total. The monoisotopic (exact) mass is 345 g/mol. The molecule has 2 heterocycles. The molecule has 2 nitrogen and oxygen atoms in total. The van der Waals surface area contributed by atoms with Crippen LogP contribution in [0, 0.1) is 0 Å². The number of aliphatic hydroxyl groups excluding tert-OH is 1. The standard InChI is InChI=1S/C14H20NO.HI/c1-15-9-5-4-8-13(15)14(16)12-7-3-2-6-11(12)10-15;/h2-3,6-7,13-14,16H,4-5,8-10H2,1H3;1H/q+1;/p-1/t13-,14-,15-;/m0./s1. The summed E-state index contributed by atoms with van der Waals surface area (Å²) < 4.78 is 1.04. The van der Waals surface area contributed by atoms with Crippen molar-refractivity contribution in [3.05, 3.63) is 35.4 Å². The predicted octanol–water partition coefficient (Wildman–Crippen LogP) is -0.763. The van der Waals surface area contributed by atoms with Crippen LogP contribution < -0.4 is 24.0 Å². The lowest BCUT2D eigenvalue weighted by Gasteiger charge is -2.50. The normalized spacial score (nSPS) is 35.4. The number of likely N-dealkylation sites (N-methyl/N-ethyl adjacent to an activating group) is 1. The molecule has 2 aliphatic rings. The highest BCUT2D eigenvalue weighted by molar-refractivity contribution is 5.30. The van der Waals surface area contributed by atoms with Crippen molar-refractivity contribution in [1.29, 1.82) is 0 Å². The lowest BCUT2D eigenvalue weighted by molar-refractivity contribution is -0.957. The molecular weight excluding hydrogens is 325 g/mol. The van der Waals surface area contributed by atoms with E-state index in [1.165, 1.54) is 36.9 Å². The summed E-state index contributed by atoms with van der Waals surface area (Å²) in [5.41, 5.74) is 2.51. The van der Waals surface area contributed by atoms with Gasteiger partial charge in [-0.2, -0.15) is 0 Å². The van der Waals surface area contributed by atoms with Gasteiger partial charge in [0.05, 0.1) is 13.6 Å². The smallest absolute Gasteiger partial charge is 0.131 e. The minimum Gasteiger partial charge on any atom is -1.00 e. The number of aliphatic hydroxyl groups is 1. The second-order valence-corrected chi connectivity index (χ2v) is 5.57. The molecule has 3 heteroatoms. The summed E-state index contributed by atoms with van der Waals surface area (Å²) in [6.45, 7) is 2.31. The van der Waals surface area contributed by atoms with Crippen LogP contribution in [-0.4, -0.2) is 29.2 Å². The van der Waals surface area contributed by atoms with E-state index in [2.05, 4.69) is 25.2 Å². The van der Waals surface area contributed by atoms with Gasteiger partial charge in [0.25, 0.3) is 0 Å². The van der Waals surface area contributed by atoms with Crippen LogP contribution in [0.2, 0.25) is 0 Å². The molecule has 0 amide bonds. The lowest BCUT2D eigenvalue weighted by Crippen LogP contribution is -3.00. The number of fused-ring (bicyclic) bond motifs is 2. The molecular formula is C14H20INO. The molecule has 1 saturated heterocycles. The number of hydrogen-bond acceptors (Lipinski definition) is 1. The molecule has 94 valence electrons. The average molecular weight is 345 g/mol. The molecule has 1 aromatic carbocycles. The topological polar surface area (TPSA) is 20.2 Å². The Morgan fingerprint density at radius 3 is 2.82 bits per heavy atom. The first kappa shape index (κ1) is 13.3. The van der Waals surface area contributed by atoms with Crippen molar-refractivity contribution < 1.29 is 33.6 Å². The van der Waals surface area contributed by atoms with Crippen molar-refractivity contribution in [3.63, 3.8) is 0 Å². The fraction of sp³-hybridized carbons (Fsp3) is 0.571. The molecule has 0 unspecified atom stereocenters. The summed E-state index contributed by atoms with van der Waals surface area (Å²) in [6, 6.07) is 8.82. The predicted molar refractivity (Wildman–Crippen MR) is 63.8 cm³/mol. The third-order valence-corrected chi connectivity index (χ3v) is 4.49. The number of halogens is 1. The van der Waals surface area contributed by atoms with Crippen LogP contribution >= 0.6 is 0 Å². The Morgan fingerprint density at radius 1 is 1.24 bits per heavy atom. The van der Waals surface area contributed by atoms with Gasteiger partial charge in [0, 0.05) is 12.0 Å². The second kappa shape index (κ2) is 4.86. The van der Waals surface area contributed by atoms with Crippen molar-refractivity contribution >= 4 is 0 Å². The average Bonchev–Trinajstić information content (AvgIpc) is 2.28. The molecule has 3 atom stereocenters. The van der Waals surface area contributed by atoms with Crippen LogP contribution in [0.15, 0.2) is 24.3 Å². The Hall–Kier alpha value is -0.130. The van der Waals surface area contributed by atoms with E-state index in [1.807, 2.05) is 6.07 Å². The molecule has 17 heavy (non-hydrogen) atoms. The van der Waals surface area contributed by atoms with Gasteiger partial charge in [-0.25, -0.2) is 0 Å². The molecule has 0 aliphatic carbocycles. The first-order valence-electron chi connectivity index (χ1n) is 6.31. The third kappa shape index (κ3) is 2.13. The van der Waals surface area contributed by atoms with E-state index in [1.54, 1.807) is 0 Å². The van der Waals surface area contributed by atoms with Crippen LogP contribution in [0.1, 0.15) is 36.5 Å². The summed E-state index contributed by atoms with van der Waals surface area (Å²) in [7, 11) is 2.31. The number of hydrogen-bond donors (Lipinski definition) is 1. The zero-order chi connectivity index (χ0) is 11.2. The Balaban J connectivity index is 0.00000108. The minimum absolute atomic E-state index is 0. The zero-order valence-electron chi connectivity index (χ0n) is 10.3. The van der Waals surface area contributed by atoms with Crippen molar-refractivity contribution in [2.75, 3.05) is 13.6 Å². The van der Waals surface area contributed by atoms with Crippen LogP contribution in [0.25, 0.3) is 0 Å². The van der Waals surface area contributed by atoms with Gasteiger partial charge in [-0.1, -0.05) is 24.3 Å². The highest BCUT2D eigenvalue weighted by Crippen LogP contribution is 2.40. The minimum atomic E-state index is -0.254. The first-order valence-corrected chi connectivity index (χ1v) is 6.31. The number of benzene rings is 1. The molecule has 1 fully saturated rings. The maximum absolute atomic E-state index is 10.5. The Morgan fingerprint density at radius 2 is 2.00 bits per heavy atom. The van der Waals surface area contributed by atoms with Gasteiger partial charge in [0.1, 0.15) is 18.7 Å². The van der Waals surface area contributed by atoms with Gasteiger partial charge < -0.3 is 33.6 Å². The van der Waals surface area contributed by atoms with Crippen LogP contribution in [-0.2, 0) is 6.54 Å². The second-order valence-electron chi connectivity index (χ2n) is 5.57. The van der Waals surface area contributed by atoms with Crippen molar-refractivity contribution in [1.82, 2.24) is 0 Å². The van der Waals surface area contributed by atoms with Crippen LogP contribution in [0.3, 0.4) is 0 Å². The van der Waals surface area contributed by atoms with E-state index in [4.69, 9.17) is 0 Å². The summed E-state index contributed by atoms with van der Waals surface area (Å²) in [6.07, 6.45) is 3.50. The van der Waals surface area contributed by atoms with Crippen molar-refractivity contribution in [3.8, 4) is 0 Å². The maximum Gasteiger partial charge on any atom is 0.131 e. The van der Waals surface area contributed by atoms with Gasteiger partial charge in [-0.15, -0.1) is 0 Å². The maximum atomic E-state index is 10.5. The van der Waals surface area contributed by atoms with E-state index in [0.717, 1.165) is 11.0 Å². The molecule has 2 aliphatic heterocycles. The number of nitrogens with zero attached hydrogens (tertiary/aromatic N) is 1. The zero-order valence-corrected chi connectivity index (χ0v) is 12.4. The van der Waals surface area contributed by atoms with E-state index in [-0.39, 0.29) is 30.1 Å². The van der Waals surface area contributed by atoms with Crippen LogP contribution in [0.4, 0.5) is 0 Å². The largest absolute Gasteiger partial charge is 1.00 e. The molecule has 0 bridgehead atoms. The molecule has 1 aromatic rings. The Labute approximate surface area is 120 Å². The van der Waals surface area contributed by atoms with Gasteiger partial charge >= 0.3 is 0 Å². The van der Waals surface area contributed by atoms with Gasteiger partial charge in [-0.3, -0.25) is 0 Å². The van der Waals surface area contributed by atoms with E-state index in [9.17, 15) is 5.11 Å². The fourth-order valence-corrected chi connectivity index (χ4v) is 3.56. The van der Waals surface area contributed by atoms with E-state index >= 15 is 0 Å². The molecule has 3 rings (SSSR count). The Bertz CT molecular complexity index is 409. The molecule has 0 radical (unpaired) electrons. The highest BCUT2D eigenvalue weighted by Gasteiger charge is 2.45.